The molecule has 1 saturated carbocycles. The van der Waals surface area contributed by atoms with Crippen molar-refractivity contribution < 1.29 is 14.3 Å². The molecule has 8 heteroatoms. The van der Waals surface area contributed by atoms with Gasteiger partial charge in [-0.2, -0.15) is 0 Å². The number of phenolic OH excluding ortho intramolecular Hbond substituents is 1. The van der Waals surface area contributed by atoms with Crippen molar-refractivity contribution >= 4 is 39.0 Å². The van der Waals surface area contributed by atoms with E-state index >= 15 is 0 Å². The molecule has 4 N–H and O–H groups in total. The fourth-order valence-electron chi connectivity index (χ4n) is 2.65. The zero-order chi connectivity index (χ0) is 17.7. The van der Waals surface area contributed by atoms with Crippen molar-refractivity contribution in [3.05, 3.63) is 28.9 Å². The Morgan fingerprint density at radius 3 is 2.84 bits per heavy atom. The SMILES string of the molecule is CC(=O)c1sc2nc(NC3CC3)nc(-c3cc(O)ccc3F)c2c1N. The Morgan fingerprint density at radius 2 is 2.16 bits per heavy atom. The number of anilines is 2. The average Bonchev–Trinajstić information content (AvgIpc) is 3.31. The first-order valence-corrected chi connectivity index (χ1v) is 8.62. The van der Waals surface area contributed by atoms with Gasteiger partial charge in [0.25, 0.3) is 0 Å². The lowest BCUT2D eigenvalue weighted by molar-refractivity contribution is 0.102. The summed E-state index contributed by atoms with van der Waals surface area (Å²) < 4.78 is 14.4. The number of nitrogens with zero attached hydrogens (tertiary/aromatic N) is 2. The third-order valence-electron chi connectivity index (χ3n) is 4.02. The van der Waals surface area contributed by atoms with Crippen molar-refractivity contribution in [1.82, 2.24) is 9.97 Å². The largest absolute Gasteiger partial charge is 0.508 e. The van der Waals surface area contributed by atoms with Crippen molar-refractivity contribution in [1.29, 1.82) is 0 Å². The van der Waals surface area contributed by atoms with Crippen LogP contribution in [-0.4, -0.2) is 26.9 Å². The molecule has 0 amide bonds. The number of nitrogen functional groups attached to an aromatic ring is 1. The summed E-state index contributed by atoms with van der Waals surface area (Å²) in [6, 6.07) is 4.03. The molecular weight excluding hydrogens is 343 g/mol. The van der Waals surface area contributed by atoms with E-state index < -0.39 is 5.82 Å². The molecule has 4 rings (SSSR count). The predicted octanol–water partition coefficient (Wildman–Crippen LogP) is 3.56. The lowest BCUT2D eigenvalue weighted by Crippen LogP contribution is -2.06. The first kappa shape index (κ1) is 15.8. The van der Waals surface area contributed by atoms with E-state index in [-0.39, 0.29) is 28.5 Å². The van der Waals surface area contributed by atoms with Gasteiger partial charge < -0.3 is 16.2 Å². The molecule has 3 aromatic rings. The Hall–Kier alpha value is -2.74. The molecule has 0 spiro atoms. The molecule has 0 radical (unpaired) electrons. The maximum atomic E-state index is 14.4. The number of rotatable bonds is 4. The van der Waals surface area contributed by atoms with Crippen LogP contribution in [0.2, 0.25) is 0 Å². The van der Waals surface area contributed by atoms with Gasteiger partial charge in [0.15, 0.2) is 5.78 Å². The van der Waals surface area contributed by atoms with Crippen LogP contribution in [0.15, 0.2) is 18.2 Å². The van der Waals surface area contributed by atoms with Crippen molar-refractivity contribution in [2.45, 2.75) is 25.8 Å². The van der Waals surface area contributed by atoms with Gasteiger partial charge in [-0.3, -0.25) is 4.79 Å². The number of Topliss-reactive ketones (excluding diaryl/α,β-unsaturated/α-hetero) is 1. The molecule has 128 valence electrons. The zero-order valence-corrected chi connectivity index (χ0v) is 14.2. The summed E-state index contributed by atoms with van der Waals surface area (Å²) in [5, 5.41) is 13.4. The predicted molar refractivity (Wildman–Crippen MR) is 95.5 cm³/mol. The number of nitrogens with two attached hydrogens (primary N) is 1. The maximum Gasteiger partial charge on any atom is 0.224 e. The second-order valence-electron chi connectivity index (χ2n) is 6.06. The number of carbonyl (C=O) groups is 1. The Morgan fingerprint density at radius 1 is 1.40 bits per heavy atom. The van der Waals surface area contributed by atoms with Crippen molar-refractivity contribution in [2.75, 3.05) is 11.1 Å². The Bertz CT molecular complexity index is 1010. The number of phenols is 1. The molecule has 25 heavy (non-hydrogen) atoms. The van der Waals surface area contributed by atoms with Gasteiger partial charge in [-0.15, -0.1) is 11.3 Å². The quantitative estimate of drug-likeness (QED) is 0.617. The van der Waals surface area contributed by atoms with E-state index in [2.05, 4.69) is 15.3 Å². The number of carbonyl (C=O) groups excluding carboxylic acids is 1. The van der Waals surface area contributed by atoms with E-state index in [0.717, 1.165) is 24.2 Å². The van der Waals surface area contributed by atoms with E-state index in [0.29, 0.717) is 27.1 Å². The molecule has 2 heterocycles. The van der Waals surface area contributed by atoms with Gasteiger partial charge in [-0.05, 0) is 31.0 Å². The van der Waals surface area contributed by atoms with Crippen LogP contribution >= 0.6 is 11.3 Å². The number of aromatic nitrogens is 2. The minimum Gasteiger partial charge on any atom is -0.508 e. The number of halogens is 1. The molecule has 0 atom stereocenters. The molecule has 0 saturated heterocycles. The molecule has 0 bridgehead atoms. The van der Waals surface area contributed by atoms with Crippen LogP contribution in [0.1, 0.15) is 29.4 Å². The Labute approximate surface area is 146 Å². The molecule has 2 aromatic heterocycles. The molecule has 0 unspecified atom stereocenters. The lowest BCUT2D eigenvalue weighted by Gasteiger charge is -2.09. The second kappa shape index (κ2) is 5.66. The number of fused-ring (bicyclic) bond motifs is 1. The van der Waals surface area contributed by atoms with Gasteiger partial charge in [0.2, 0.25) is 5.95 Å². The smallest absolute Gasteiger partial charge is 0.224 e. The van der Waals surface area contributed by atoms with Crippen LogP contribution in [0.3, 0.4) is 0 Å². The van der Waals surface area contributed by atoms with E-state index in [4.69, 9.17) is 5.73 Å². The number of hydrogen-bond acceptors (Lipinski definition) is 7. The van der Waals surface area contributed by atoms with Crippen molar-refractivity contribution in [3.8, 4) is 17.0 Å². The van der Waals surface area contributed by atoms with E-state index in [1.165, 1.54) is 25.1 Å². The average molecular weight is 358 g/mol. The number of nitrogens with one attached hydrogen (secondary N) is 1. The second-order valence-corrected chi connectivity index (χ2v) is 7.06. The van der Waals surface area contributed by atoms with Gasteiger partial charge in [-0.25, -0.2) is 14.4 Å². The highest BCUT2D eigenvalue weighted by Crippen LogP contribution is 2.41. The minimum absolute atomic E-state index is 0.0829. The van der Waals surface area contributed by atoms with Crippen LogP contribution in [-0.2, 0) is 0 Å². The third kappa shape index (κ3) is 2.78. The highest BCUT2D eigenvalue weighted by atomic mass is 32.1. The zero-order valence-electron chi connectivity index (χ0n) is 13.3. The highest BCUT2D eigenvalue weighted by Gasteiger charge is 2.25. The van der Waals surface area contributed by atoms with E-state index in [1.807, 2.05) is 0 Å². The topological polar surface area (TPSA) is 101 Å². The molecule has 6 nitrogen and oxygen atoms in total. The number of aromatic hydroxyl groups is 1. The first-order chi connectivity index (χ1) is 11.9. The van der Waals surface area contributed by atoms with Gasteiger partial charge in [0, 0.05) is 18.5 Å². The number of benzene rings is 1. The standard InChI is InChI=1S/C17H15FN4O2S/c1-7(23)15-13(19)12-14(10-6-9(24)4-5-11(10)18)21-17(20-8-2-3-8)22-16(12)25-15/h4-6,8,24H,2-3,19H2,1H3,(H,20,21,22). The van der Waals surface area contributed by atoms with Crippen LogP contribution < -0.4 is 11.1 Å². The fraction of sp³-hybridized carbons (Fsp3) is 0.235. The molecule has 1 fully saturated rings. The summed E-state index contributed by atoms with van der Waals surface area (Å²) in [5.41, 5.74) is 6.76. The van der Waals surface area contributed by atoms with E-state index in [1.54, 1.807) is 0 Å². The van der Waals surface area contributed by atoms with Gasteiger partial charge in [-0.1, -0.05) is 0 Å². The fourth-order valence-corrected chi connectivity index (χ4v) is 3.64. The number of thiophene rings is 1. The maximum absolute atomic E-state index is 14.4. The summed E-state index contributed by atoms with van der Waals surface area (Å²) in [5.74, 6) is -0.436. The highest BCUT2D eigenvalue weighted by molar-refractivity contribution is 7.21. The summed E-state index contributed by atoms with van der Waals surface area (Å²) in [4.78, 5) is 21.6. The van der Waals surface area contributed by atoms with Gasteiger partial charge >= 0.3 is 0 Å². The van der Waals surface area contributed by atoms with Gasteiger partial charge in [0.1, 0.15) is 16.4 Å². The van der Waals surface area contributed by atoms with Crippen LogP contribution in [0, 0.1) is 5.82 Å². The number of hydrogen-bond donors (Lipinski definition) is 3. The molecule has 1 aromatic carbocycles. The van der Waals surface area contributed by atoms with Crippen LogP contribution in [0.5, 0.6) is 5.75 Å². The Balaban J connectivity index is 2.01. The summed E-state index contributed by atoms with van der Waals surface area (Å²) in [6.07, 6.45) is 2.06. The summed E-state index contributed by atoms with van der Waals surface area (Å²) in [7, 11) is 0. The lowest BCUT2D eigenvalue weighted by atomic mass is 10.1. The van der Waals surface area contributed by atoms with E-state index in [9.17, 15) is 14.3 Å². The third-order valence-corrected chi connectivity index (χ3v) is 5.22. The van der Waals surface area contributed by atoms with Crippen molar-refractivity contribution in [2.24, 2.45) is 0 Å². The van der Waals surface area contributed by atoms with Gasteiger partial charge in [0.05, 0.1) is 21.6 Å². The first-order valence-electron chi connectivity index (χ1n) is 7.80. The monoisotopic (exact) mass is 358 g/mol. The van der Waals surface area contributed by atoms with Crippen LogP contribution in [0.4, 0.5) is 16.0 Å². The van der Waals surface area contributed by atoms with Crippen molar-refractivity contribution in [3.63, 3.8) is 0 Å². The molecule has 1 aliphatic rings. The van der Waals surface area contributed by atoms with Crippen LogP contribution in [0.25, 0.3) is 21.5 Å². The summed E-state index contributed by atoms with van der Waals surface area (Å²) >= 11 is 1.16. The normalized spacial score (nSPS) is 14.0. The molecule has 1 aliphatic carbocycles. The number of ketones is 1. The summed E-state index contributed by atoms with van der Waals surface area (Å²) in [6.45, 7) is 1.42. The molecule has 0 aliphatic heterocycles. The minimum atomic E-state index is -0.537. The Kier molecular flexibility index (Phi) is 3.57. The molecular formula is C17H15FN4O2S.